The van der Waals surface area contributed by atoms with Crippen LogP contribution in [0.25, 0.3) is 6.08 Å². The number of carboxylic acid groups (broad SMARTS) is 1. The second-order valence-electron chi connectivity index (χ2n) is 6.66. The number of carbonyl (C=O) groups excluding carboxylic acids is 1. The maximum Gasteiger partial charge on any atom is 0.328 e. The third kappa shape index (κ3) is 6.62. The Morgan fingerprint density at radius 2 is 1.77 bits per heavy atom. The molecule has 2 aromatic rings. The second-order valence-corrected chi connectivity index (χ2v) is 7.51. The Bertz CT molecular complexity index is 936. The van der Waals surface area contributed by atoms with Crippen LogP contribution in [0, 0.1) is 0 Å². The lowest BCUT2D eigenvalue weighted by Gasteiger charge is -2.15. The van der Waals surface area contributed by atoms with Gasteiger partial charge in [-0.2, -0.15) is 0 Å². The van der Waals surface area contributed by atoms with Crippen molar-refractivity contribution in [3.63, 3.8) is 0 Å². The van der Waals surface area contributed by atoms with Crippen molar-refractivity contribution in [2.45, 2.75) is 33.1 Å². The number of ether oxygens (including phenoxy) is 2. The van der Waals surface area contributed by atoms with Crippen molar-refractivity contribution in [1.29, 1.82) is 0 Å². The zero-order chi connectivity index (χ0) is 22.1. The maximum atomic E-state index is 11.6. The Hall–Kier alpha value is -2.80. The fourth-order valence-corrected chi connectivity index (χ4v) is 3.37. The summed E-state index contributed by atoms with van der Waals surface area (Å²) in [5.41, 5.74) is 1.71. The summed E-state index contributed by atoms with van der Waals surface area (Å²) in [7, 11) is 0. The number of hydrogen-bond donors (Lipinski definition) is 2. The van der Waals surface area contributed by atoms with Gasteiger partial charge in [0.25, 0.3) is 0 Å². The molecule has 0 bridgehead atoms. The topological polar surface area (TPSA) is 93.1 Å². The number of ketones is 1. The molecule has 0 aliphatic rings. The molecule has 160 valence electrons. The molecular formula is C23H25BrO6. The molecule has 0 amide bonds. The van der Waals surface area contributed by atoms with Gasteiger partial charge in [0, 0.05) is 18.1 Å². The Balaban J connectivity index is 1.90. The molecule has 0 radical (unpaired) electrons. The predicted molar refractivity (Wildman–Crippen MR) is 119 cm³/mol. The molecule has 30 heavy (non-hydrogen) atoms. The van der Waals surface area contributed by atoms with Gasteiger partial charge in [0.05, 0.1) is 23.2 Å². The number of rotatable bonds is 11. The standard InChI is InChI=1S/C23H25BrO6/c1-3-5-18-20(10-8-17(15(2)25)23(18)28)29-12-4-13-30-21-9-6-16(14-19(21)24)7-11-22(26)27/h6-11,14,28H,3-5,12-13H2,1-2H3,(H,26,27)/b11-7+. The summed E-state index contributed by atoms with van der Waals surface area (Å²) in [6, 6.07) is 8.63. The summed E-state index contributed by atoms with van der Waals surface area (Å²) in [5, 5.41) is 19.1. The quantitative estimate of drug-likeness (QED) is 0.261. The molecule has 2 rings (SSSR count). The van der Waals surface area contributed by atoms with Gasteiger partial charge in [-0.25, -0.2) is 4.79 Å². The first-order chi connectivity index (χ1) is 14.3. The minimum absolute atomic E-state index is 0.000863. The van der Waals surface area contributed by atoms with E-state index in [-0.39, 0.29) is 11.5 Å². The molecule has 6 nitrogen and oxygen atoms in total. The summed E-state index contributed by atoms with van der Waals surface area (Å²) in [6.07, 6.45) is 4.64. The first kappa shape index (κ1) is 23.5. The van der Waals surface area contributed by atoms with E-state index in [0.29, 0.717) is 48.7 Å². The van der Waals surface area contributed by atoms with Crippen molar-refractivity contribution in [2.24, 2.45) is 0 Å². The van der Waals surface area contributed by atoms with Gasteiger partial charge in [-0.15, -0.1) is 0 Å². The van der Waals surface area contributed by atoms with E-state index in [0.717, 1.165) is 22.5 Å². The Morgan fingerprint density at radius 3 is 2.37 bits per heavy atom. The van der Waals surface area contributed by atoms with E-state index in [4.69, 9.17) is 14.6 Å². The van der Waals surface area contributed by atoms with Crippen LogP contribution in [0.1, 0.15) is 48.2 Å². The van der Waals surface area contributed by atoms with Gasteiger partial charge in [-0.3, -0.25) is 4.79 Å². The first-order valence-corrected chi connectivity index (χ1v) is 10.4. The van der Waals surface area contributed by atoms with Crippen molar-refractivity contribution in [3.8, 4) is 17.2 Å². The number of halogens is 1. The molecular weight excluding hydrogens is 452 g/mol. The first-order valence-electron chi connectivity index (χ1n) is 9.65. The number of aromatic hydroxyl groups is 1. The lowest BCUT2D eigenvalue weighted by atomic mass is 10.0. The number of aliphatic carboxylic acids is 1. The minimum atomic E-state index is -1.00. The fourth-order valence-electron chi connectivity index (χ4n) is 2.86. The zero-order valence-corrected chi connectivity index (χ0v) is 18.6. The SMILES string of the molecule is CCCc1c(OCCCOc2ccc(/C=C/C(=O)O)cc2Br)ccc(C(C)=O)c1O. The van der Waals surface area contributed by atoms with E-state index in [9.17, 15) is 14.7 Å². The van der Waals surface area contributed by atoms with Crippen LogP contribution in [-0.4, -0.2) is 35.2 Å². The van der Waals surface area contributed by atoms with Gasteiger partial charge in [-0.05, 0) is 65.2 Å². The molecule has 0 saturated heterocycles. The monoisotopic (exact) mass is 476 g/mol. The van der Waals surface area contributed by atoms with Crippen LogP contribution in [-0.2, 0) is 11.2 Å². The van der Waals surface area contributed by atoms with E-state index in [1.807, 2.05) is 6.92 Å². The number of hydrogen-bond acceptors (Lipinski definition) is 5. The molecule has 0 heterocycles. The number of phenolic OH excluding ortho intramolecular Hbond substituents is 1. The molecule has 7 heteroatoms. The highest BCUT2D eigenvalue weighted by Crippen LogP contribution is 2.33. The predicted octanol–water partition coefficient (Wildman–Crippen LogP) is 5.26. The maximum absolute atomic E-state index is 11.6. The van der Waals surface area contributed by atoms with Crippen molar-refractivity contribution in [2.75, 3.05) is 13.2 Å². The summed E-state index contributed by atoms with van der Waals surface area (Å²) >= 11 is 3.42. The highest BCUT2D eigenvalue weighted by Gasteiger charge is 2.15. The molecule has 0 atom stereocenters. The molecule has 0 aliphatic carbocycles. The molecule has 0 unspecified atom stereocenters. The number of carbonyl (C=O) groups is 2. The van der Waals surface area contributed by atoms with Crippen molar-refractivity contribution < 1.29 is 29.3 Å². The van der Waals surface area contributed by atoms with Crippen LogP contribution >= 0.6 is 15.9 Å². The number of carboxylic acids is 1. The van der Waals surface area contributed by atoms with Gasteiger partial charge >= 0.3 is 5.97 Å². The normalized spacial score (nSPS) is 10.9. The van der Waals surface area contributed by atoms with Crippen LogP contribution < -0.4 is 9.47 Å². The van der Waals surface area contributed by atoms with Crippen molar-refractivity contribution in [1.82, 2.24) is 0 Å². The van der Waals surface area contributed by atoms with E-state index in [2.05, 4.69) is 15.9 Å². The summed E-state index contributed by atoms with van der Waals surface area (Å²) in [5.74, 6) is 0.0458. The molecule has 0 fully saturated rings. The average Bonchev–Trinajstić information content (AvgIpc) is 2.69. The number of phenols is 1. The Labute approximate surface area is 184 Å². The van der Waals surface area contributed by atoms with Crippen LogP contribution in [0.15, 0.2) is 40.9 Å². The van der Waals surface area contributed by atoms with Gasteiger partial charge < -0.3 is 19.7 Å². The molecule has 0 saturated carbocycles. The van der Waals surface area contributed by atoms with E-state index in [1.54, 1.807) is 30.3 Å². The highest BCUT2D eigenvalue weighted by molar-refractivity contribution is 9.10. The number of Topliss-reactive ketones (excluding diaryl/α,β-unsaturated/α-hetero) is 1. The third-order valence-electron chi connectivity index (χ3n) is 4.30. The molecule has 0 aromatic heterocycles. The lowest BCUT2D eigenvalue weighted by molar-refractivity contribution is -0.131. The largest absolute Gasteiger partial charge is 0.507 e. The van der Waals surface area contributed by atoms with E-state index >= 15 is 0 Å². The summed E-state index contributed by atoms with van der Waals surface area (Å²) in [4.78, 5) is 22.2. The summed E-state index contributed by atoms with van der Waals surface area (Å²) in [6.45, 7) is 4.24. The van der Waals surface area contributed by atoms with Crippen LogP contribution in [0.5, 0.6) is 17.2 Å². The van der Waals surface area contributed by atoms with Gasteiger partial charge in [0.1, 0.15) is 17.2 Å². The molecule has 0 aliphatic heterocycles. The zero-order valence-electron chi connectivity index (χ0n) is 17.0. The van der Waals surface area contributed by atoms with Gasteiger partial charge in [-0.1, -0.05) is 19.4 Å². The van der Waals surface area contributed by atoms with E-state index in [1.165, 1.54) is 13.0 Å². The van der Waals surface area contributed by atoms with Gasteiger partial charge in [0.2, 0.25) is 0 Å². The second kappa shape index (κ2) is 11.4. The third-order valence-corrected chi connectivity index (χ3v) is 4.92. The smallest absolute Gasteiger partial charge is 0.328 e. The summed E-state index contributed by atoms with van der Waals surface area (Å²) < 4.78 is 12.3. The van der Waals surface area contributed by atoms with Gasteiger partial charge in [0.15, 0.2) is 5.78 Å². The molecule has 0 spiro atoms. The molecule has 2 aromatic carbocycles. The lowest BCUT2D eigenvalue weighted by Crippen LogP contribution is -2.07. The van der Waals surface area contributed by atoms with E-state index < -0.39 is 5.97 Å². The van der Waals surface area contributed by atoms with Crippen LogP contribution in [0.4, 0.5) is 0 Å². The fraction of sp³-hybridized carbons (Fsp3) is 0.304. The molecule has 2 N–H and O–H groups in total. The van der Waals surface area contributed by atoms with Crippen molar-refractivity contribution >= 4 is 33.8 Å². The van der Waals surface area contributed by atoms with Crippen molar-refractivity contribution in [3.05, 3.63) is 57.6 Å². The highest BCUT2D eigenvalue weighted by atomic mass is 79.9. The van der Waals surface area contributed by atoms with Crippen LogP contribution in [0.2, 0.25) is 0 Å². The Morgan fingerprint density at radius 1 is 1.10 bits per heavy atom. The average molecular weight is 477 g/mol. The Kier molecular flexibility index (Phi) is 8.92. The van der Waals surface area contributed by atoms with Crippen LogP contribution in [0.3, 0.4) is 0 Å². The number of benzene rings is 2. The minimum Gasteiger partial charge on any atom is -0.507 e.